The maximum atomic E-state index is 13.2. The van der Waals surface area contributed by atoms with E-state index in [9.17, 15) is 4.39 Å². The molecule has 0 saturated carbocycles. The molecule has 0 aliphatic rings. The normalized spacial score (nSPS) is 10.8. The quantitative estimate of drug-likeness (QED) is 0.672. The average molecular weight is 366 g/mol. The first-order chi connectivity index (χ1) is 10.1. The van der Waals surface area contributed by atoms with E-state index in [1.807, 2.05) is 24.3 Å². The first-order valence-corrected chi connectivity index (χ1v) is 7.53. The van der Waals surface area contributed by atoms with E-state index < -0.39 is 0 Å². The number of nitrogens with one attached hydrogen (secondary N) is 1. The Labute approximate surface area is 135 Å². The van der Waals surface area contributed by atoms with E-state index in [0.717, 1.165) is 22.2 Å². The van der Waals surface area contributed by atoms with E-state index in [4.69, 9.17) is 11.6 Å². The Kier molecular flexibility index (Phi) is 4.08. The van der Waals surface area contributed by atoms with Gasteiger partial charge in [0, 0.05) is 28.8 Å². The van der Waals surface area contributed by atoms with Gasteiger partial charge in [-0.3, -0.25) is 4.98 Å². The molecule has 0 radical (unpaired) electrons. The zero-order valence-corrected chi connectivity index (χ0v) is 13.2. The topological polar surface area (TPSA) is 24.9 Å². The molecular weight excluding hydrogens is 355 g/mol. The predicted molar refractivity (Wildman–Crippen MR) is 88.2 cm³/mol. The van der Waals surface area contributed by atoms with E-state index in [1.54, 1.807) is 18.3 Å². The number of pyridine rings is 1. The van der Waals surface area contributed by atoms with Gasteiger partial charge >= 0.3 is 0 Å². The van der Waals surface area contributed by atoms with Gasteiger partial charge < -0.3 is 5.32 Å². The van der Waals surface area contributed by atoms with E-state index in [1.165, 1.54) is 6.07 Å². The largest absolute Gasteiger partial charge is 0.381 e. The minimum atomic E-state index is -0.279. The molecule has 0 saturated heterocycles. The Morgan fingerprint density at radius 1 is 1.19 bits per heavy atom. The van der Waals surface area contributed by atoms with Crippen LogP contribution in [-0.4, -0.2) is 4.98 Å². The molecule has 0 aliphatic heterocycles. The second kappa shape index (κ2) is 6.00. The molecule has 106 valence electrons. The van der Waals surface area contributed by atoms with Crippen LogP contribution in [0.4, 0.5) is 10.1 Å². The summed E-state index contributed by atoms with van der Waals surface area (Å²) in [5, 5.41) is 4.88. The second-order valence-corrected chi connectivity index (χ2v) is 5.85. The predicted octanol–water partition coefficient (Wildman–Crippen LogP) is 5.40. The fourth-order valence-electron chi connectivity index (χ4n) is 2.14. The van der Waals surface area contributed by atoms with Crippen molar-refractivity contribution in [3.63, 3.8) is 0 Å². The zero-order valence-electron chi connectivity index (χ0n) is 10.9. The summed E-state index contributed by atoms with van der Waals surface area (Å²) in [6, 6.07) is 12.5. The summed E-state index contributed by atoms with van der Waals surface area (Å²) in [6.07, 6.45) is 1.75. The first kappa shape index (κ1) is 14.3. The number of fused-ring (bicyclic) bond motifs is 1. The minimum Gasteiger partial charge on any atom is -0.381 e. The SMILES string of the molecule is Fc1ccc(NCc2ccc(Cl)c3cccnc23)cc1Br. The summed E-state index contributed by atoms with van der Waals surface area (Å²) in [7, 11) is 0. The summed E-state index contributed by atoms with van der Waals surface area (Å²) < 4.78 is 13.7. The standard InChI is InChI=1S/C16H11BrClFN2/c17-13-8-11(4-6-15(13)19)21-9-10-3-5-14(18)12-2-1-7-20-16(10)12/h1-8,21H,9H2. The Bertz CT molecular complexity index is 807. The molecule has 0 bridgehead atoms. The molecule has 0 aliphatic carbocycles. The smallest absolute Gasteiger partial charge is 0.137 e. The molecule has 1 N–H and O–H groups in total. The second-order valence-electron chi connectivity index (χ2n) is 4.59. The number of hydrogen-bond acceptors (Lipinski definition) is 2. The maximum Gasteiger partial charge on any atom is 0.137 e. The van der Waals surface area contributed by atoms with Crippen molar-refractivity contribution < 1.29 is 4.39 Å². The van der Waals surface area contributed by atoms with Gasteiger partial charge in [-0.15, -0.1) is 0 Å². The number of rotatable bonds is 3. The molecule has 1 heterocycles. The average Bonchev–Trinajstić information content (AvgIpc) is 2.50. The van der Waals surface area contributed by atoms with E-state index in [-0.39, 0.29) is 5.82 Å². The number of aromatic nitrogens is 1. The Balaban J connectivity index is 1.88. The summed E-state index contributed by atoms with van der Waals surface area (Å²) in [5.41, 5.74) is 2.75. The summed E-state index contributed by atoms with van der Waals surface area (Å²) in [5.74, 6) is -0.279. The lowest BCUT2D eigenvalue weighted by atomic mass is 10.1. The number of nitrogens with zero attached hydrogens (tertiary/aromatic N) is 1. The van der Waals surface area contributed by atoms with Gasteiger partial charge in [0.2, 0.25) is 0 Å². The molecule has 0 fully saturated rings. The third-order valence-corrected chi connectivity index (χ3v) is 4.14. The van der Waals surface area contributed by atoms with E-state index >= 15 is 0 Å². The van der Waals surface area contributed by atoms with Gasteiger partial charge in [0.05, 0.1) is 9.99 Å². The fraction of sp³-hybridized carbons (Fsp3) is 0.0625. The van der Waals surface area contributed by atoms with Gasteiger partial charge in [0.25, 0.3) is 0 Å². The molecule has 0 amide bonds. The van der Waals surface area contributed by atoms with Gasteiger partial charge in [-0.1, -0.05) is 17.7 Å². The van der Waals surface area contributed by atoms with Gasteiger partial charge in [-0.05, 0) is 57.9 Å². The lowest BCUT2D eigenvalue weighted by Crippen LogP contribution is -2.01. The van der Waals surface area contributed by atoms with Gasteiger partial charge in [0.1, 0.15) is 5.82 Å². The summed E-state index contributed by atoms with van der Waals surface area (Å²) >= 11 is 9.35. The van der Waals surface area contributed by atoms with Crippen LogP contribution in [0.5, 0.6) is 0 Å². The van der Waals surface area contributed by atoms with Crippen molar-refractivity contribution in [3.8, 4) is 0 Å². The third kappa shape index (κ3) is 3.01. The molecule has 5 heteroatoms. The molecular formula is C16H11BrClFN2. The number of hydrogen-bond donors (Lipinski definition) is 1. The molecule has 0 unspecified atom stereocenters. The Hall–Kier alpha value is -1.65. The third-order valence-electron chi connectivity index (χ3n) is 3.20. The van der Waals surface area contributed by atoms with Crippen molar-refractivity contribution in [2.24, 2.45) is 0 Å². The van der Waals surface area contributed by atoms with Gasteiger partial charge in [-0.25, -0.2) is 4.39 Å². The van der Waals surface area contributed by atoms with Crippen LogP contribution in [0, 0.1) is 5.82 Å². The molecule has 0 atom stereocenters. The number of benzene rings is 2. The molecule has 3 aromatic rings. The van der Waals surface area contributed by atoms with Gasteiger partial charge in [0.15, 0.2) is 0 Å². The monoisotopic (exact) mass is 364 g/mol. The van der Waals surface area contributed by atoms with Crippen LogP contribution >= 0.6 is 27.5 Å². The Morgan fingerprint density at radius 3 is 2.86 bits per heavy atom. The highest BCUT2D eigenvalue weighted by atomic mass is 79.9. The highest BCUT2D eigenvalue weighted by molar-refractivity contribution is 9.10. The molecule has 2 nitrogen and oxygen atoms in total. The van der Waals surface area contributed by atoms with Gasteiger partial charge in [-0.2, -0.15) is 0 Å². The minimum absolute atomic E-state index is 0.279. The van der Waals surface area contributed by atoms with Crippen LogP contribution in [0.2, 0.25) is 5.02 Å². The molecule has 21 heavy (non-hydrogen) atoms. The van der Waals surface area contributed by atoms with Crippen LogP contribution in [-0.2, 0) is 6.54 Å². The summed E-state index contributed by atoms with van der Waals surface area (Å²) in [4.78, 5) is 4.39. The highest BCUT2D eigenvalue weighted by Crippen LogP contribution is 2.26. The van der Waals surface area contributed by atoms with E-state index in [0.29, 0.717) is 16.0 Å². The van der Waals surface area contributed by atoms with Crippen molar-refractivity contribution in [3.05, 3.63) is 69.5 Å². The lowest BCUT2D eigenvalue weighted by molar-refractivity contribution is 0.621. The van der Waals surface area contributed by atoms with E-state index in [2.05, 4.69) is 26.2 Å². The molecule has 2 aromatic carbocycles. The summed E-state index contributed by atoms with van der Waals surface area (Å²) in [6.45, 7) is 0.586. The maximum absolute atomic E-state index is 13.2. The first-order valence-electron chi connectivity index (χ1n) is 6.36. The van der Waals surface area contributed by atoms with Crippen LogP contribution in [0.1, 0.15) is 5.56 Å². The Morgan fingerprint density at radius 2 is 2.05 bits per heavy atom. The van der Waals surface area contributed by atoms with Crippen molar-refractivity contribution >= 4 is 44.1 Å². The van der Waals surface area contributed by atoms with Crippen molar-refractivity contribution in [1.29, 1.82) is 0 Å². The fourth-order valence-corrected chi connectivity index (χ4v) is 2.74. The van der Waals surface area contributed by atoms with Crippen molar-refractivity contribution in [2.75, 3.05) is 5.32 Å². The number of halogens is 3. The van der Waals surface area contributed by atoms with Crippen LogP contribution in [0.25, 0.3) is 10.9 Å². The lowest BCUT2D eigenvalue weighted by Gasteiger charge is -2.10. The number of anilines is 1. The van der Waals surface area contributed by atoms with Crippen LogP contribution in [0.3, 0.4) is 0 Å². The molecule has 1 aromatic heterocycles. The zero-order chi connectivity index (χ0) is 14.8. The van der Waals surface area contributed by atoms with Crippen molar-refractivity contribution in [2.45, 2.75) is 6.54 Å². The van der Waals surface area contributed by atoms with Crippen LogP contribution in [0.15, 0.2) is 53.1 Å². The van der Waals surface area contributed by atoms with Crippen molar-refractivity contribution in [1.82, 2.24) is 4.98 Å². The molecule has 3 rings (SSSR count). The van der Waals surface area contributed by atoms with Crippen LogP contribution < -0.4 is 5.32 Å². The highest BCUT2D eigenvalue weighted by Gasteiger charge is 2.06. The molecule has 0 spiro atoms.